The third-order valence-electron chi connectivity index (χ3n) is 1.66. The van der Waals surface area contributed by atoms with Gasteiger partial charge in [-0.15, -0.1) is 11.3 Å². The van der Waals surface area contributed by atoms with Crippen LogP contribution in [0.25, 0.3) is 10.1 Å². The summed E-state index contributed by atoms with van der Waals surface area (Å²) in [5, 5.41) is 2.08. The van der Waals surface area contributed by atoms with E-state index < -0.39 is 0 Å². The monoisotopic (exact) mass is 308 g/mol. The van der Waals surface area contributed by atoms with E-state index in [1.807, 2.05) is 23.5 Å². The summed E-state index contributed by atoms with van der Waals surface area (Å²) < 4.78 is 2.59. The smallest absolute Gasteiger partial charge is 0.0480 e. The molecule has 0 nitrogen and oxygen atoms in total. The number of aryl methyl sites for hydroxylation is 1. The van der Waals surface area contributed by atoms with Crippen LogP contribution in [-0.2, 0) is 0 Å². The molecule has 0 radical (unpaired) electrons. The lowest BCUT2D eigenvalue weighted by molar-refractivity contribution is 1.65. The second-order valence-electron chi connectivity index (χ2n) is 2.66. The fraction of sp³-hybridized carbons (Fsp3) is 0.111. The molecule has 12 heavy (non-hydrogen) atoms. The van der Waals surface area contributed by atoms with Crippen molar-refractivity contribution in [1.82, 2.24) is 0 Å². The molecule has 0 atom stereocenters. The van der Waals surface area contributed by atoms with Gasteiger partial charge in [-0.1, -0.05) is 11.6 Å². The van der Waals surface area contributed by atoms with Crippen molar-refractivity contribution in [1.29, 1.82) is 0 Å². The Hall–Kier alpha value is 0.200. The highest BCUT2D eigenvalue weighted by atomic mass is 127. The normalized spacial score (nSPS) is 10.9. The molecular weight excluding hydrogens is 303 g/mol. The molecule has 0 fully saturated rings. The van der Waals surface area contributed by atoms with Crippen LogP contribution in [0.15, 0.2) is 18.2 Å². The fourth-order valence-corrected chi connectivity index (χ4v) is 3.49. The lowest BCUT2D eigenvalue weighted by Gasteiger charge is -1.94. The zero-order valence-electron chi connectivity index (χ0n) is 6.40. The molecule has 1 heterocycles. The molecule has 62 valence electrons. The molecule has 0 N–H and O–H groups in total. The Bertz CT molecular complexity index is 433. The number of benzene rings is 1. The molecule has 1 aromatic carbocycles. The molecule has 0 aliphatic heterocycles. The predicted octanol–water partition coefficient (Wildman–Crippen LogP) is 4.47. The lowest BCUT2D eigenvalue weighted by atomic mass is 10.2. The van der Waals surface area contributed by atoms with Crippen LogP contribution < -0.4 is 0 Å². The van der Waals surface area contributed by atoms with E-state index >= 15 is 0 Å². The van der Waals surface area contributed by atoms with Gasteiger partial charge in [-0.05, 0) is 53.1 Å². The van der Waals surface area contributed by atoms with Crippen molar-refractivity contribution in [3.8, 4) is 0 Å². The summed E-state index contributed by atoms with van der Waals surface area (Å²) in [7, 11) is 0. The van der Waals surface area contributed by atoms with Crippen LogP contribution in [0.2, 0.25) is 5.02 Å². The van der Waals surface area contributed by atoms with Gasteiger partial charge in [0, 0.05) is 18.2 Å². The van der Waals surface area contributed by atoms with Crippen LogP contribution in [0.1, 0.15) is 4.88 Å². The van der Waals surface area contributed by atoms with E-state index in [-0.39, 0.29) is 0 Å². The summed E-state index contributed by atoms with van der Waals surface area (Å²) in [4.78, 5) is 1.34. The van der Waals surface area contributed by atoms with Gasteiger partial charge in [0.2, 0.25) is 0 Å². The highest BCUT2D eigenvalue weighted by Gasteiger charge is 2.03. The average Bonchev–Trinajstić information content (AvgIpc) is 2.29. The molecule has 0 bridgehead atoms. The van der Waals surface area contributed by atoms with Crippen LogP contribution in [-0.4, -0.2) is 0 Å². The lowest BCUT2D eigenvalue weighted by Crippen LogP contribution is -1.70. The molecule has 0 spiro atoms. The van der Waals surface area contributed by atoms with Crippen molar-refractivity contribution in [2.75, 3.05) is 0 Å². The molecule has 0 saturated carbocycles. The van der Waals surface area contributed by atoms with E-state index in [9.17, 15) is 0 Å². The Kier molecular flexibility index (Phi) is 2.31. The highest BCUT2D eigenvalue weighted by molar-refractivity contribution is 14.1. The third kappa shape index (κ3) is 1.47. The molecule has 0 aliphatic carbocycles. The minimum atomic E-state index is 0.824. The van der Waals surface area contributed by atoms with Crippen LogP contribution in [0.3, 0.4) is 0 Å². The number of fused-ring (bicyclic) bond motifs is 1. The molecule has 2 aromatic rings. The second kappa shape index (κ2) is 3.16. The predicted molar refractivity (Wildman–Crippen MR) is 64.3 cm³/mol. The summed E-state index contributed by atoms with van der Waals surface area (Å²) in [6.07, 6.45) is 0. The maximum Gasteiger partial charge on any atom is 0.0480 e. The minimum absolute atomic E-state index is 0.824. The molecular formula is C9H6ClIS. The zero-order chi connectivity index (χ0) is 8.72. The Morgan fingerprint density at radius 2 is 2.08 bits per heavy atom. The van der Waals surface area contributed by atoms with Crippen LogP contribution in [0.5, 0.6) is 0 Å². The maximum absolute atomic E-state index is 5.93. The minimum Gasteiger partial charge on any atom is -0.139 e. The van der Waals surface area contributed by atoms with Gasteiger partial charge < -0.3 is 0 Å². The van der Waals surface area contributed by atoms with Crippen LogP contribution >= 0.6 is 45.5 Å². The van der Waals surface area contributed by atoms with Gasteiger partial charge in [-0.3, -0.25) is 0 Å². The fourth-order valence-electron chi connectivity index (χ4n) is 1.20. The van der Waals surface area contributed by atoms with Gasteiger partial charge >= 0.3 is 0 Å². The second-order valence-corrected chi connectivity index (χ2v) is 5.52. The molecule has 2 rings (SSSR count). The van der Waals surface area contributed by atoms with Crippen molar-refractivity contribution in [3.63, 3.8) is 0 Å². The molecule has 0 unspecified atom stereocenters. The van der Waals surface area contributed by atoms with E-state index in [1.165, 1.54) is 18.5 Å². The largest absolute Gasteiger partial charge is 0.139 e. The molecule has 0 amide bonds. The summed E-state index contributed by atoms with van der Waals surface area (Å²) in [5.41, 5.74) is 0. The van der Waals surface area contributed by atoms with Gasteiger partial charge in [0.05, 0.1) is 0 Å². The van der Waals surface area contributed by atoms with E-state index in [1.54, 1.807) is 0 Å². The van der Waals surface area contributed by atoms with Crippen molar-refractivity contribution in [2.24, 2.45) is 0 Å². The molecule has 0 aliphatic rings. The summed E-state index contributed by atoms with van der Waals surface area (Å²) in [6, 6.07) is 6.19. The van der Waals surface area contributed by atoms with Crippen LogP contribution in [0, 0.1) is 10.5 Å². The van der Waals surface area contributed by atoms with Gasteiger partial charge in [0.1, 0.15) is 0 Å². The van der Waals surface area contributed by atoms with E-state index in [0.29, 0.717) is 0 Å². The standard InChI is InChI=1S/C9H6ClIS/c1-5-2-6-3-7(10)4-8(11)9(6)12-5/h2-4H,1H3. The van der Waals surface area contributed by atoms with Gasteiger partial charge in [0.15, 0.2) is 0 Å². The molecule has 1 aromatic heterocycles. The average molecular weight is 309 g/mol. The van der Waals surface area contributed by atoms with Crippen LogP contribution in [0.4, 0.5) is 0 Å². The Morgan fingerprint density at radius 1 is 1.33 bits per heavy atom. The quantitative estimate of drug-likeness (QED) is 0.630. The Balaban J connectivity index is 2.88. The summed E-state index contributed by atoms with van der Waals surface area (Å²) >= 11 is 10.1. The molecule has 3 heteroatoms. The van der Waals surface area contributed by atoms with E-state index in [4.69, 9.17) is 11.6 Å². The first-order valence-corrected chi connectivity index (χ1v) is 5.79. The SMILES string of the molecule is Cc1cc2cc(Cl)cc(I)c2s1. The highest BCUT2D eigenvalue weighted by Crippen LogP contribution is 2.31. The van der Waals surface area contributed by atoms with Gasteiger partial charge in [-0.25, -0.2) is 0 Å². The third-order valence-corrected chi connectivity index (χ3v) is 4.19. The Labute approximate surface area is 93.7 Å². The van der Waals surface area contributed by atoms with Gasteiger partial charge in [-0.2, -0.15) is 0 Å². The van der Waals surface area contributed by atoms with E-state index in [2.05, 4.69) is 35.6 Å². The summed E-state index contributed by atoms with van der Waals surface area (Å²) in [6.45, 7) is 2.12. The van der Waals surface area contributed by atoms with Crippen molar-refractivity contribution >= 4 is 55.6 Å². The van der Waals surface area contributed by atoms with Gasteiger partial charge in [0.25, 0.3) is 0 Å². The first-order valence-electron chi connectivity index (χ1n) is 3.52. The number of hydrogen-bond donors (Lipinski definition) is 0. The first-order chi connectivity index (χ1) is 5.66. The Morgan fingerprint density at radius 3 is 2.83 bits per heavy atom. The van der Waals surface area contributed by atoms with Crippen molar-refractivity contribution in [3.05, 3.63) is 31.7 Å². The molecule has 0 saturated heterocycles. The zero-order valence-corrected chi connectivity index (χ0v) is 10.1. The number of thiophene rings is 1. The van der Waals surface area contributed by atoms with Crippen molar-refractivity contribution < 1.29 is 0 Å². The topological polar surface area (TPSA) is 0 Å². The first kappa shape index (κ1) is 8.78. The maximum atomic E-state index is 5.93. The summed E-state index contributed by atoms with van der Waals surface area (Å²) in [5.74, 6) is 0. The van der Waals surface area contributed by atoms with Crippen molar-refractivity contribution in [2.45, 2.75) is 6.92 Å². The van der Waals surface area contributed by atoms with E-state index in [0.717, 1.165) is 5.02 Å². The number of hydrogen-bond acceptors (Lipinski definition) is 1. The number of rotatable bonds is 0. The number of halogens is 2.